The van der Waals surface area contributed by atoms with Crippen LogP contribution in [0.4, 0.5) is 4.79 Å². The first-order chi connectivity index (χ1) is 10.8. The van der Waals surface area contributed by atoms with Crippen LogP contribution in [0.15, 0.2) is 0 Å². The molecule has 1 aromatic heterocycles. The summed E-state index contributed by atoms with van der Waals surface area (Å²) >= 11 is 0. The van der Waals surface area contributed by atoms with E-state index in [0.29, 0.717) is 19.6 Å². The number of amides is 1. The van der Waals surface area contributed by atoms with Crippen molar-refractivity contribution in [2.75, 3.05) is 19.6 Å². The third kappa shape index (κ3) is 4.89. The van der Waals surface area contributed by atoms with Crippen LogP contribution in [0.5, 0.6) is 0 Å². The van der Waals surface area contributed by atoms with Crippen molar-refractivity contribution < 1.29 is 9.53 Å². The Labute approximate surface area is 137 Å². The molecule has 1 aliphatic heterocycles. The maximum absolute atomic E-state index is 12.2. The molecule has 0 radical (unpaired) electrons. The van der Waals surface area contributed by atoms with Gasteiger partial charge < -0.3 is 9.64 Å². The van der Waals surface area contributed by atoms with E-state index in [2.05, 4.69) is 34.3 Å². The van der Waals surface area contributed by atoms with Crippen molar-refractivity contribution in [2.45, 2.75) is 65.8 Å². The molecule has 1 saturated heterocycles. The molecular weight excluding hydrogens is 296 g/mol. The van der Waals surface area contributed by atoms with Gasteiger partial charge in [-0.1, -0.05) is 6.92 Å². The Morgan fingerprint density at radius 3 is 2.70 bits per heavy atom. The average molecular weight is 324 g/mol. The first kappa shape index (κ1) is 17.7. The van der Waals surface area contributed by atoms with E-state index in [4.69, 9.17) is 4.74 Å². The lowest BCUT2D eigenvalue weighted by Gasteiger charge is -2.39. The molecule has 8 nitrogen and oxygen atoms in total. The molecule has 2 heterocycles. The monoisotopic (exact) mass is 324 g/mol. The van der Waals surface area contributed by atoms with Gasteiger partial charge in [-0.05, 0) is 44.5 Å². The summed E-state index contributed by atoms with van der Waals surface area (Å²) in [6.07, 6.45) is 0.764. The zero-order valence-electron chi connectivity index (χ0n) is 14.8. The number of carbonyl (C=O) groups excluding carboxylic acids is 1. The van der Waals surface area contributed by atoms with Crippen molar-refractivity contribution in [3.8, 4) is 0 Å². The topological polar surface area (TPSA) is 76.4 Å². The number of aromatic nitrogens is 4. The summed E-state index contributed by atoms with van der Waals surface area (Å²) in [7, 11) is 0. The molecule has 0 bridgehead atoms. The number of ether oxygens (including phenoxy) is 1. The van der Waals surface area contributed by atoms with Crippen molar-refractivity contribution in [2.24, 2.45) is 0 Å². The third-order valence-electron chi connectivity index (χ3n) is 3.80. The van der Waals surface area contributed by atoms with Crippen molar-refractivity contribution in [3.05, 3.63) is 5.82 Å². The van der Waals surface area contributed by atoms with E-state index in [0.717, 1.165) is 25.3 Å². The van der Waals surface area contributed by atoms with Crippen LogP contribution in [0.25, 0.3) is 0 Å². The van der Waals surface area contributed by atoms with E-state index < -0.39 is 5.60 Å². The molecule has 0 spiro atoms. The Morgan fingerprint density at radius 2 is 2.09 bits per heavy atom. The molecule has 0 aliphatic carbocycles. The Bertz CT molecular complexity index is 524. The first-order valence-corrected chi connectivity index (χ1v) is 8.27. The quantitative estimate of drug-likeness (QED) is 0.836. The zero-order chi connectivity index (χ0) is 17.0. The van der Waals surface area contributed by atoms with E-state index in [1.165, 1.54) is 0 Å². The lowest BCUT2D eigenvalue weighted by atomic mass is 10.2. The fraction of sp³-hybridized carbons (Fsp3) is 0.867. The Hall–Kier alpha value is -1.70. The number of carbonyl (C=O) groups is 1. The SMILES string of the molecule is CCCn1nnnc1CN1CCN(C(=O)OC(C)(C)C)C[C@H]1C. The van der Waals surface area contributed by atoms with Crippen LogP contribution >= 0.6 is 0 Å². The van der Waals surface area contributed by atoms with Gasteiger partial charge in [-0.15, -0.1) is 5.10 Å². The van der Waals surface area contributed by atoms with Gasteiger partial charge in [-0.25, -0.2) is 9.48 Å². The standard InChI is InChI=1S/C15H28N6O2/c1-6-7-21-13(16-17-18-21)11-19-8-9-20(10-12(19)2)14(22)23-15(3,4)5/h12H,6-11H2,1-5H3/t12-/m1/s1. The molecule has 130 valence electrons. The predicted octanol–water partition coefficient (Wildman–Crippen LogP) is 1.52. The maximum Gasteiger partial charge on any atom is 0.410 e. The minimum Gasteiger partial charge on any atom is -0.444 e. The number of tetrazole rings is 1. The largest absolute Gasteiger partial charge is 0.444 e. The van der Waals surface area contributed by atoms with Crippen molar-refractivity contribution in [1.29, 1.82) is 0 Å². The van der Waals surface area contributed by atoms with Gasteiger partial charge in [0, 0.05) is 32.2 Å². The van der Waals surface area contributed by atoms with E-state index in [9.17, 15) is 4.79 Å². The summed E-state index contributed by atoms with van der Waals surface area (Å²) in [6.45, 7) is 13.5. The molecule has 0 aromatic carbocycles. The summed E-state index contributed by atoms with van der Waals surface area (Å²) in [5.74, 6) is 0.879. The highest BCUT2D eigenvalue weighted by Crippen LogP contribution is 2.16. The molecule has 23 heavy (non-hydrogen) atoms. The fourth-order valence-corrected chi connectivity index (χ4v) is 2.63. The molecule has 0 unspecified atom stereocenters. The van der Waals surface area contributed by atoms with Gasteiger partial charge >= 0.3 is 6.09 Å². The predicted molar refractivity (Wildman–Crippen MR) is 85.8 cm³/mol. The Balaban J connectivity index is 1.91. The van der Waals surface area contributed by atoms with Gasteiger partial charge in [-0.2, -0.15) is 0 Å². The lowest BCUT2D eigenvalue weighted by molar-refractivity contribution is 0.00406. The minimum absolute atomic E-state index is 0.236. The van der Waals surface area contributed by atoms with Crippen molar-refractivity contribution in [1.82, 2.24) is 30.0 Å². The van der Waals surface area contributed by atoms with Gasteiger partial charge in [0.2, 0.25) is 0 Å². The highest BCUT2D eigenvalue weighted by molar-refractivity contribution is 5.68. The molecular formula is C15H28N6O2. The number of hydrogen-bond acceptors (Lipinski definition) is 6. The number of rotatable bonds is 4. The van der Waals surface area contributed by atoms with Crippen LogP contribution in [-0.2, 0) is 17.8 Å². The number of hydrogen-bond donors (Lipinski definition) is 0. The summed E-state index contributed by atoms with van der Waals surface area (Å²) in [6, 6.07) is 0.239. The lowest BCUT2D eigenvalue weighted by Crippen LogP contribution is -2.54. The third-order valence-corrected chi connectivity index (χ3v) is 3.80. The second-order valence-corrected chi connectivity index (χ2v) is 7.06. The molecule has 1 aliphatic rings. The summed E-state index contributed by atoms with van der Waals surface area (Å²) < 4.78 is 7.30. The summed E-state index contributed by atoms with van der Waals surface area (Å²) in [5.41, 5.74) is -0.459. The highest BCUT2D eigenvalue weighted by atomic mass is 16.6. The number of nitrogens with zero attached hydrogens (tertiary/aromatic N) is 6. The highest BCUT2D eigenvalue weighted by Gasteiger charge is 2.30. The van der Waals surface area contributed by atoms with Crippen LogP contribution < -0.4 is 0 Å². The molecule has 8 heteroatoms. The first-order valence-electron chi connectivity index (χ1n) is 8.27. The normalized spacial score (nSPS) is 19.9. The molecule has 2 rings (SSSR count). The summed E-state index contributed by atoms with van der Waals surface area (Å²) in [5, 5.41) is 11.9. The van der Waals surface area contributed by atoms with Gasteiger partial charge in [0.1, 0.15) is 5.60 Å². The maximum atomic E-state index is 12.2. The molecule has 1 amide bonds. The number of piperazine rings is 1. The van der Waals surface area contributed by atoms with Gasteiger partial charge in [0.15, 0.2) is 5.82 Å². The smallest absolute Gasteiger partial charge is 0.410 e. The second kappa shape index (κ2) is 7.25. The van der Waals surface area contributed by atoms with E-state index >= 15 is 0 Å². The van der Waals surface area contributed by atoms with Crippen molar-refractivity contribution >= 4 is 6.09 Å². The second-order valence-electron chi connectivity index (χ2n) is 7.06. The van der Waals surface area contributed by atoms with Crippen molar-refractivity contribution in [3.63, 3.8) is 0 Å². The molecule has 1 aromatic rings. The van der Waals surface area contributed by atoms with Crippen LogP contribution in [0.2, 0.25) is 0 Å². The number of aryl methyl sites for hydroxylation is 1. The van der Waals surface area contributed by atoms with Crippen LogP contribution in [0.3, 0.4) is 0 Å². The minimum atomic E-state index is -0.459. The molecule has 0 N–H and O–H groups in total. The van der Waals surface area contributed by atoms with Gasteiger partial charge in [0.05, 0.1) is 6.54 Å². The molecule has 0 saturated carbocycles. The molecule has 1 atom stereocenters. The van der Waals surface area contributed by atoms with E-state index in [1.807, 2.05) is 25.5 Å². The van der Waals surface area contributed by atoms with Crippen LogP contribution in [0, 0.1) is 0 Å². The fourth-order valence-electron chi connectivity index (χ4n) is 2.63. The summed E-state index contributed by atoms with van der Waals surface area (Å²) in [4.78, 5) is 16.3. The van der Waals surface area contributed by atoms with Gasteiger partial charge in [-0.3, -0.25) is 4.90 Å². The van der Waals surface area contributed by atoms with E-state index in [1.54, 1.807) is 4.90 Å². The zero-order valence-corrected chi connectivity index (χ0v) is 14.8. The molecule has 1 fully saturated rings. The van der Waals surface area contributed by atoms with Crippen LogP contribution in [0.1, 0.15) is 46.9 Å². The van der Waals surface area contributed by atoms with Crippen LogP contribution in [-0.4, -0.2) is 67.4 Å². The van der Waals surface area contributed by atoms with E-state index in [-0.39, 0.29) is 12.1 Å². The Kier molecular flexibility index (Phi) is 5.56. The Morgan fingerprint density at radius 1 is 1.35 bits per heavy atom. The van der Waals surface area contributed by atoms with Gasteiger partial charge in [0.25, 0.3) is 0 Å². The average Bonchev–Trinajstić information content (AvgIpc) is 2.87.